The van der Waals surface area contributed by atoms with Crippen molar-refractivity contribution in [1.82, 2.24) is 9.97 Å². The number of para-hydroxylation sites is 5. The summed E-state index contributed by atoms with van der Waals surface area (Å²) in [7, 11) is 0. The fourth-order valence-electron chi connectivity index (χ4n) is 15.9. The Bertz CT molecular complexity index is 7270. The summed E-state index contributed by atoms with van der Waals surface area (Å²) in [6.45, 7) is 0. The van der Waals surface area contributed by atoms with Crippen LogP contribution in [0.3, 0.4) is 0 Å². The van der Waals surface area contributed by atoms with E-state index in [-0.39, 0.29) is 0 Å². The van der Waals surface area contributed by atoms with Gasteiger partial charge in [-0.25, -0.2) is 9.97 Å². The Hall–Kier alpha value is -14.7. The number of furan rings is 4. The molecule has 0 spiro atoms. The van der Waals surface area contributed by atoms with Crippen molar-refractivity contribution in [1.29, 1.82) is 0 Å². The summed E-state index contributed by atoms with van der Waals surface area (Å²) >= 11 is 0. The number of rotatable bonds is 13. The summed E-state index contributed by atoms with van der Waals surface area (Å²) in [5.74, 6) is 1.10. The molecule has 0 bridgehead atoms. The van der Waals surface area contributed by atoms with Crippen LogP contribution in [0.15, 0.2) is 378 Å². The predicted octanol–water partition coefficient (Wildman–Crippen LogP) is 28.2. The average molecular weight is 1390 g/mol. The van der Waals surface area contributed by atoms with Gasteiger partial charge in [0.25, 0.3) is 0 Å². The van der Waals surface area contributed by atoms with E-state index in [1.807, 2.05) is 78.9 Å². The van der Waals surface area contributed by atoms with Crippen molar-refractivity contribution in [2.45, 2.75) is 0 Å². The molecule has 6 heterocycles. The van der Waals surface area contributed by atoms with Gasteiger partial charge in [-0.3, -0.25) is 0 Å². The molecule has 0 unspecified atom stereocenters. The number of fused-ring (bicyclic) bond motifs is 14. The lowest BCUT2D eigenvalue weighted by atomic mass is 9.98. The summed E-state index contributed by atoms with van der Waals surface area (Å²) in [4.78, 5) is 14.6. The van der Waals surface area contributed by atoms with Crippen LogP contribution in [0.4, 0.5) is 34.1 Å². The van der Waals surface area contributed by atoms with Gasteiger partial charge in [-0.2, -0.15) is 0 Å². The number of hydrogen-bond donors (Lipinski definition) is 0. The van der Waals surface area contributed by atoms with Crippen LogP contribution in [0, 0.1) is 0 Å². The van der Waals surface area contributed by atoms with Crippen LogP contribution in [0.25, 0.3) is 188 Å². The molecule has 0 atom stereocenters. The molecule has 10 heteroatoms. The molecule has 0 aliphatic carbocycles. The van der Waals surface area contributed by atoms with Gasteiger partial charge in [0.15, 0.2) is 22.3 Å². The van der Waals surface area contributed by atoms with Crippen molar-refractivity contribution >= 4 is 144 Å². The molecule has 0 saturated heterocycles. The van der Waals surface area contributed by atoms with Gasteiger partial charge in [0.05, 0.1) is 11.4 Å². The zero-order valence-electron chi connectivity index (χ0n) is 57.7. The maximum absolute atomic E-state index is 6.99. The highest BCUT2D eigenvalue weighted by Gasteiger charge is 2.26. The van der Waals surface area contributed by atoms with E-state index in [1.54, 1.807) is 0 Å². The Morgan fingerprint density at radius 1 is 0.194 bits per heavy atom. The SMILES string of the molecule is c1ccc(-c2ccc(N(c3ccc(-c4cccc5c4oc4ccccc45)cc3)c3cccc4c3oc3cc5nc(-c6cccc(-c7ccc(-c8ccc(N(c9ccc(-c%10cccc%11oc%12ccccc%12c%10%11)cc9)c9cccc%10c9oc9cc%11oc(-c%12ccccc%12)nc%11cc9%10)cc8)cc7)c6)oc5cc34)cc2)cc1. The van der Waals surface area contributed by atoms with Crippen LogP contribution in [-0.2, 0) is 0 Å². The van der Waals surface area contributed by atoms with E-state index in [4.69, 9.17) is 36.5 Å². The van der Waals surface area contributed by atoms with E-state index >= 15 is 0 Å². The maximum atomic E-state index is 6.99. The molecule has 108 heavy (non-hydrogen) atoms. The summed E-state index contributed by atoms with van der Waals surface area (Å²) in [6, 6.07) is 122. The minimum absolute atomic E-state index is 0.527. The van der Waals surface area contributed by atoms with Crippen LogP contribution in [0.1, 0.15) is 0 Å². The van der Waals surface area contributed by atoms with Gasteiger partial charge in [-0.15, -0.1) is 0 Å². The molecule has 22 aromatic rings. The summed E-state index contributed by atoms with van der Waals surface area (Å²) in [6.07, 6.45) is 0. The molecule has 0 N–H and O–H groups in total. The Morgan fingerprint density at radius 2 is 0.583 bits per heavy atom. The maximum Gasteiger partial charge on any atom is 0.227 e. The first kappa shape index (κ1) is 60.8. The Labute approximate surface area is 617 Å². The second kappa shape index (κ2) is 24.5. The van der Waals surface area contributed by atoms with Crippen molar-refractivity contribution in [3.8, 4) is 78.5 Å². The van der Waals surface area contributed by atoms with Crippen molar-refractivity contribution < 1.29 is 26.5 Å². The highest BCUT2D eigenvalue weighted by molar-refractivity contribution is 6.16. The molecule has 0 fully saturated rings. The topological polar surface area (TPSA) is 111 Å². The molecule has 0 amide bonds. The molecule has 22 rings (SSSR count). The van der Waals surface area contributed by atoms with Crippen LogP contribution in [-0.4, -0.2) is 9.97 Å². The van der Waals surface area contributed by atoms with Gasteiger partial charge >= 0.3 is 0 Å². The zero-order chi connectivity index (χ0) is 70.9. The largest absolute Gasteiger partial charge is 0.456 e. The first-order chi connectivity index (χ1) is 53.5. The lowest BCUT2D eigenvalue weighted by Crippen LogP contribution is -2.10. The molecule has 16 aromatic carbocycles. The molecule has 6 aromatic heterocycles. The van der Waals surface area contributed by atoms with Crippen LogP contribution in [0.5, 0.6) is 0 Å². The van der Waals surface area contributed by atoms with Crippen molar-refractivity contribution in [2.24, 2.45) is 0 Å². The summed E-state index contributed by atoms with van der Waals surface area (Å²) in [5.41, 5.74) is 27.5. The molecule has 0 radical (unpaired) electrons. The standard InChI is InChI=1S/C98H58N4O6/c1-3-16-59(17-4-1)61-38-46-69(47-39-61)102(72-52-44-65(45-53-72)74-25-12-26-76-75-22-7-9-31-86(75)104-94(74)76)85-30-14-28-78-81-56-91-83(57-89(81)105-96(78)85)100-98(107-91)68-21-11-20-67(54-68)63-36-34-60(35-37-63)62-40-48-70(49-41-62)101(71-50-42-64(43-51-71)73-24-15-33-88-93(73)79-23-8-10-32-87(79)103-88)84-29-13-27-77-80-55-82-92(58-90(80)106-95(77)84)108-97(99-82)66-18-5-2-6-19-66/h1-58H. The normalized spacial score (nSPS) is 11.9. The predicted molar refractivity (Wildman–Crippen MR) is 438 cm³/mol. The second-order valence-corrected chi connectivity index (χ2v) is 27.5. The third-order valence-corrected chi connectivity index (χ3v) is 21.2. The van der Waals surface area contributed by atoms with E-state index in [0.29, 0.717) is 39.6 Å². The number of oxazole rings is 2. The molecule has 10 nitrogen and oxygen atoms in total. The minimum Gasteiger partial charge on any atom is -0.456 e. The Kier molecular flexibility index (Phi) is 13.8. The van der Waals surface area contributed by atoms with Gasteiger partial charge in [0.2, 0.25) is 11.8 Å². The number of benzene rings is 16. The van der Waals surface area contributed by atoms with Gasteiger partial charge < -0.3 is 36.3 Å². The third-order valence-electron chi connectivity index (χ3n) is 21.2. The fourth-order valence-corrected chi connectivity index (χ4v) is 15.9. The zero-order valence-corrected chi connectivity index (χ0v) is 57.7. The number of hydrogen-bond acceptors (Lipinski definition) is 10. The highest BCUT2D eigenvalue weighted by Crippen LogP contribution is 2.48. The van der Waals surface area contributed by atoms with Gasteiger partial charge in [0, 0.05) is 94.7 Å². The highest BCUT2D eigenvalue weighted by atomic mass is 16.4. The lowest BCUT2D eigenvalue weighted by Gasteiger charge is -2.26. The molecule has 506 valence electrons. The van der Waals surface area contributed by atoms with Crippen LogP contribution < -0.4 is 9.80 Å². The summed E-state index contributed by atoms with van der Waals surface area (Å²) in [5, 5.41) is 8.22. The fraction of sp³-hybridized carbons (Fsp3) is 0. The van der Waals surface area contributed by atoms with Gasteiger partial charge in [-0.05, 0) is 165 Å². The second-order valence-electron chi connectivity index (χ2n) is 27.5. The van der Waals surface area contributed by atoms with Crippen LogP contribution in [0.2, 0.25) is 0 Å². The molecule has 0 saturated carbocycles. The summed E-state index contributed by atoms with van der Waals surface area (Å²) < 4.78 is 39.8. The number of aromatic nitrogens is 2. The van der Waals surface area contributed by atoms with E-state index in [1.165, 1.54) is 0 Å². The quantitative estimate of drug-likeness (QED) is 0.111. The lowest BCUT2D eigenvalue weighted by molar-refractivity contribution is 0.617. The number of anilines is 6. The van der Waals surface area contributed by atoms with Crippen molar-refractivity contribution in [2.75, 3.05) is 9.80 Å². The van der Waals surface area contributed by atoms with E-state index in [0.717, 1.165) is 183 Å². The average Bonchev–Trinajstić information content (AvgIpc) is 1.61. The Morgan fingerprint density at radius 3 is 1.20 bits per heavy atom. The first-order valence-electron chi connectivity index (χ1n) is 36.1. The Balaban J connectivity index is 0.565. The first-order valence-corrected chi connectivity index (χ1v) is 36.1. The third kappa shape index (κ3) is 10.1. The number of nitrogens with zero attached hydrogens (tertiary/aromatic N) is 4. The van der Waals surface area contributed by atoms with Crippen molar-refractivity contribution in [3.05, 3.63) is 352 Å². The van der Waals surface area contributed by atoms with Gasteiger partial charge in [0.1, 0.15) is 44.5 Å². The van der Waals surface area contributed by atoms with E-state index in [9.17, 15) is 0 Å². The van der Waals surface area contributed by atoms with E-state index < -0.39 is 0 Å². The molecule has 0 aliphatic heterocycles. The van der Waals surface area contributed by atoms with E-state index in [2.05, 4.69) is 283 Å². The molecular formula is C98H58N4O6. The van der Waals surface area contributed by atoms with Gasteiger partial charge in [-0.1, -0.05) is 224 Å². The van der Waals surface area contributed by atoms with Crippen molar-refractivity contribution in [3.63, 3.8) is 0 Å². The molecular weight excluding hydrogens is 1330 g/mol. The smallest absolute Gasteiger partial charge is 0.227 e. The minimum atomic E-state index is 0.527. The van der Waals surface area contributed by atoms with Crippen LogP contribution >= 0.6 is 0 Å². The molecule has 0 aliphatic rings. The monoisotopic (exact) mass is 1390 g/mol.